The number of fused-ring (bicyclic) bond motifs is 4. The molecule has 0 aliphatic carbocycles. The summed E-state index contributed by atoms with van der Waals surface area (Å²) in [4.78, 5) is 42.9. The molecular formula is C27H26N2O6. The topological polar surface area (TPSA) is 102 Å². The maximum Gasteiger partial charge on any atom is 0.339 e. The Morgan fingerprint density at radius 2 is 1.83 bits per heavy atom. The van der Waals surface area contributed by atoms with E-state index in [0.29, 0.717) is 28.9 Å². The highest BCUT2D eigenvalue weighted by atomic mass is 16.5. The van der Waals surface area contributed by atoms with E-state index < -0.39 is 17.6 Å². The molecule has 35 heavy (non-hydrogen) atoms. The number of aromatic amines is 1. The van der Waals surface area contributed by atoms with Gasteiger partial charge in [-0.2, -0.15) is 0 Å². The SMILES string of the molecule is COC(=O)C1Cc2c([nH]c3ccccc23)CN1C(=O)COc1ccc2c(C)c(C)c(=O)oc2c1C. The van der Waals surface area contributed by atoms with Crippen LogP contribution in [-0.4, -0.2) is 41.5 Å². The number of amides is 1. The van der Waals surface area contributed by atoms with Crippen molar-refractivity contribution in [3.05, 3.63) is 74.8 Å². The van der Waals surface area contributed by atoms with Crippen LogP contribution in [0.4, 0.5) is 0 Å². The number of nitrogens with one attached hydrogen (secondary N) is 1. The molecule has 1 aliphatic rings. The molecule has 4 aromatic rings. The van der Waals surface area contributed by atoms with E-state index in [9.17, 15) is 14.4 Å². The van der Waals surface area contributed by atoms with Crippen LogP contribution in [0.2, 0.25) is 0 Å². The number of aromatic nitrogens is 1. The van der Waals surface area contributed by atoms with Crippen LogP contribution >= 0.6 is 0 Å². The fourth-order valence-electron chi connectivity index (χ4n) is 4.82. The molecule has 5 rings (SSSR count). The summed E-state index contributed by atoms with van der Waals surface area (Å²) < 4.78 is 16.4. The van der Waals surface area contributed by atoms with Crippen LogP contribution in [0.3, 0.4) is 0 Å². The highest BCUT2D eigenvalue weighted by Gasteiger charge is 2.37. The summed E-state index contributed by atoms with van der Waals surface area (Å²) in [6, 6.07) is 10.7. The van der Waals surface area contributed by atoms with E-state index in [2.05, 4.69) is 4.98 Å². The van der Waals surface area contributed by atoms with Gasteiger partial charge in [0.25, 0.3) is 5.91 Å². The number of para-hydroxylation sites is 1. The summed E-state index contributed by atoms with van der Waals surface area (Å²) in [6.07, 6.45) is 0.358. The highest BCUT2D eigenvalue weighted by molar-refractivity contribution is 5.90. The minimum absolute atomic E-state index is 0.246. The van der Waals surface area contributed by atoms with Gasteiger partial charge in [0, 0.05) is 39.5 Å². The van der Waals surface area contributed by atoms with Gasteiger partial charge in [-0.1, -0.05) is 18.2 Å². The molecule has 0 fully saturated rings. The van der Waals surface area contributed by atoms with Crippen molar-refractivity contribution in [2.75, 3.05) is 13.7 Å². The summed E-state index contributed by atoms with van der Waals surface area (Å²) in [5.41, 5.74) is 4.98. The molecule has 0 saturated heterocycles. The first-order valence-corrected chi connectivity index (χ1v) is 11.4. The number of methoxy groups -OCH3 is 1. The zero-order chi connectivity index (χ0) is 24.9. The highest BCUT2D eigenvalue weighted by Crippen LogP contribution is 2.32. The van der Waals surface area contributed by atoms with Crippen LogP contribution in [0.15, 0.2) is 45.6 Å². The molecule has 180 valence electrons. The molecule has 2 aromatic heterocycles. The maximum atomic E-state index is 13.3. The van der Waals surface area contributed by atoms with Crippen molar-refractivity contribution in [3.63, 3.8) is 0 Å². The number of aryl methyl sites for hydroxylation is 2. The molecule has 1 amide bonds. The lowest BCUT2D eigenvalue weighted by Gasteiger charge is -2.33. The lowest BCUT2D eigenvalue weighted by atomic mass is 9.96. The molecule has 1 unspecified atom stereocenters. The van der Waals surface area contributed by atoms with Crippen LogP contribution < -0.4 is 10.4 Å². The molecule has 3 heterocycles. The van der Waals surface area contributed by atoms with Gasteiger partial charge in [-0.05, 0) is 50.1 Å². The van der Waals surface area contributed by atoms with Gasteiger partial charge in [-0.25, -0.2) is 9.59 Å². The first-order chi connectivity index (χ1) is 16.8. The molecule has 8 heteroatoms. The quantitative estimate of drug-likeness (QED) is 0.357. The Morgan fingerprint density at radius 1 is 1.06 bits per heavy atom. The van der Waals surface area contributed by atoms with Gasteiger partial charge >= 0.3 is 11.6 Å². The number of ether oxygens (including phenoxy) is 2. The summed E-state index contributed by atoms with van der Waals surface area (Å²) in [5.74, 6) is -0.371. The normalized spacial score (nSPS) is 15.3. The van der Waals surface area contributed by atoms with Crippen LogP contribution in [0.5, 0.6) is 5.75 Å². The Hall–Kier alpha value is -4.07. The van der Waals surface area contributed by atoms with Crippen molar-refractivity contribution in [2.45, 2.75) is 39.8 Å². The predicted molar refractivity (Wildman–Crippen MR) is 131 cm³/mol. The van der Waals surface area contributed by atoms with Crippen molar-refractivity contribution < 1.29 is 23.5 Å². The third kappa shape index (κ3) is 3.75. The minimum atomic E-state index is -0.746. The number of hydrogen-bond donors (Lipinski definition) is 1. The van der Waals surface area contributed by atoms with Crippen LogP contribution in [0.25, 0.3) is 21.9 Å². The van der Waals surface area contributed by atoms with Gasteiger partial charge in [-0.3, -0.25) is 4.79 Å². The first-order valence-electron chi connectivity index (χ1n) is 11.4. The summed E-state index contributed by atoms with van der Waals surface area (Å²) in [6.45, 7) is 5.36. The zero-order valence-electron chi connectivity index (χ0n) is 20.1. The molecular weight excluding hydrogens is 448 g/mol. The van der Waals surface area contributed by atoms with Gasteiger partial charge in [0.1, 0.15) is 17.4 Å². The Balaban J connectivity index is 1.42. The number of carbonyl (C=O) groups is 2. The molecule has 1 atom stereocenters. The molecule has 1 aliphatic heterocycles. The number of hydrogen-bond acceptors (Lipinski definition) is 6. The number of esters is 1. The lowest BCUT2D eigenvalue weighted by Crippen LogP contribution is -2.50. The van der Waals surface area contributed by atoms with E-state index in [0.717, 1.165) is 33.1 Å². The van der Waals surface area contributed by atoms with Gasteiger partial charge in [0.15, 0.2) is 6.61 Å². The maximum absolute atomic E-state index is 13.3. The second kappa shape index (κ2) is 8.61. The summed E-state index contributed by atoms with van der Waals surface area (Å²) in [5, 5.41) is 1.87. The fourth-order valence-corrected chi connectivity index (χ4v) is 4.82. The van der Waals surface area contributed by atoms with Crippen molar-refractivity contribution >= 4 is 33.7 Å². The van der Waals surface area contributed by atoms with E-state index >= 15 is 0 Å². The van der Waals surface area contributed by atoms with E-state index in [1.165, 1.54) is 12.0 Å². The predicted octanol–water partition coefficient (Wildman–Crippen LogP) is 3.70. The van der Waals surface area contributed by atoms with Crippen LogP contribution in [-0.2, 0) is 27.3 Å². The van der Waals surface area contributed by atoms with E-state index in [1.54, 1.807) is 19.9 Å². The van der Waals surface area contributed by atoms with Gasteiger partial charge < -0.3 is 23.8 Å². The summed E-state index contributed by atoms with van der Waals surface area (Å²) in [7, 11) is 1.32. The smallest absolute Gasteiger partial charge is 0.339 e. The van der Waals surface area contributed by atoms with E-state index in [1.807, 2.05) is 37.3 Å². The van der Waals surface area contributed by atoms with Gasteiger partial charge in [-0.15, -0.1) is 0 Å². The Bertz CT molecular complexity index is 1550. The second-order valence-electron chi connectivity index (χ2n) is 8.89. The largest absolute Gasteiger partial charge is 0.483 e. The zero-order valence-corrected chi connectivity index (χ0v) is 20.1. The van der Waals surface area contributed by atoms with Crippen molar-refractivity contribution in [1.82, 2.24) is 9.88 Å². The van der Waals surface area contributed by atoms with Gasteiger partial charge in [0.2, 0.25) is 0 Å². The molecule has 0 bridgehead atoms. The average Bonchev–Trinajstić information content (AvgIpc) is 3.23. The van der Waals surface area contributed by atoms with Crippen molar-refractivity contribution in [3.8, 4) is 5.75 Å². The number of nitrogens with zero attached hydrogens (tertiary/aromatic N) is 1. The van der Waals surface area contributed by atoms with E-state index in [4.69, 9.17) is 13.9 Å². The van der Waals surface area contributed by atoms with Crippen molar-refractivity contribution in [1.29, 1.82) is 0 Å². The monoisotopic (exact) mass is 474 g/mol. The average molecular weight is 475 g/mol. The first kappa shape index (κ1) is 22.7. The second-order valence-corrected chi connectivity index (χ2v) is 8.89. The van der Waals surface area contributed by atoms with Crippen molar-refractivity contribution in [2.24, 2.45) is 0 Å². The number of carbonyl (C=O) groups excluding carboxylic acids is 2. The number of H-pyrrole nitrogens is 1. The third-order valence-corrected chi connectivity index (χ3v) is 6.97. The Kier molecular flexibility index (Phi) is 5.59. The molecule has 1 N–H and O–H groups in total. The summed E-state index contributed by atoms with van der Waals surface area (Å²) >= 11 is 0. The number of benzene rings is 2. The third-order valence-electron chi connectivity index (χ3n) is 6.97. The van der Waals surface area contributed by atoms with Gasteiger partial charge in [0.05, 0.1) is 13.7 Å². The minimum Gasteiger partial charge on any atom is -0.483 e. The molecule has 8 nitrogen and oxygen atoms in total. The fraction of sp³-hybridized carbons (Fsp3) is 0.296. The molecule has 0 spiro atoms. The Labute approximate surface area is 201 Å². The van der Waals surface area contributed by atoms with Crippen LogP contribution in [0.1, 0.15) is 27.9 Å². The standard InChI is InChI=1S/C27H26N2O6/c1-14-15(2)26(31)35-25-16(3)23(10-9-17(14)25)34-13-24(30)29-12-21-19(11-22(29)27(32)33-4)18-7-5-6-8-20(18)28-21/h5-10,22,28H,11-13H2,1-4H3. The number of rotatable bonds is 4. The Morgan fingerprint density at radius 3 is 2.60 bits per heavy atom. The molecule has 2 aromatic carbocycles. The van der Waals surface area contributed by atoms with E-state index in [-0.39, 0.29) is 19.1 Å². The molecule has 0 saturated carbocycles. The van der Waals surface area contributed by atoms with Crippen LogP contribution in [0, 0.1) is 20.8 Å². The molecule has 0 radical (unpaired) electrons. The lowest BCUT2D eigenvalue weighted by molar-refractivity contribution is -0.154.